The summed E-state index contributed by atoms with van der Waals surface area (Å²) in [6, 6.07) is 0.448. The molecule has 2 rings (SSSR count). The maximum Gasteiger partial charge on any atom is 0.257 e. The first-order chi connectivity index (χ1) is 11.0. The van der Waals surface area contributed by atoms with Gasteiger partial charge in [0.15, 0.2) is 23.3 Å². The van der Waals surface area contributed by atoms with Crippen LogP contribution in [0.5, 0.6) is 0 Å². The van der Waals surface area contributed by atoms with Gasteiger partial charge in [0.1, 0.15) is 5.56 Å². The number of nitrogens with one attached hydrogen (secondary N) is 2. The fraction of sp³-hybridized carbons (Fsp3) is 0.562. The summed E-state index contributed by atoms with van der Waals surface area (Å²) in [6.07, 6.45) is 6.88. The van der Waals surface area contributed by atoms with Crippen molar-refractivity contribution in [2.45, 2.75) is 44.6 Å². The predicted octanol–water partition coefficient (Wildman–Crippen LogP) is 3.71. The Labute approximate surface area is 144 Å². The van der Waals surface area contributed by atoms with Crippen molar-refractivity contribution >= 4 is 18.3 Å². The molecule has 0 saturated heterocycles. The predicted molar refractivity (Wildman–Crippen MR) is 85.3 cm³/mol. The Balaban J connectivity index is 0.00000288. The van der Waals surface area contributed by atoms with Crippen LogP contribution in [-0.4, -0.2) is 25.0 Å². The summed E-state index contributed by atoms with van der Waals surface area (Å²) in [5, 5.41) is 5.55. The molecule has 3 nitrogen and oxygen atoms in total. The second kappa shape index (κ2) is 9.84. The number of rotatable bonds is 5. The highest BCUT2D eigenvalue weighted by Crippen LogP contribution is 2.19. The first-order valence-electron chi connectivity index (χ1n) is 7.85. The summed E-state index contributed by atoms with van der Waals surface area (Å²) < 4.78 is 53.1. The molecule has 1 amide bonds. The van der Waals surface area contributed by atoms with Gasteiger partial charge in [-0.05, 0) is 12.8 Å². The molecule has 1 aliphatic carbocycles. The van der Waals surface area contributed by atoms with Crippen molar-refractivity contribution in [3.63, 3.8) is 0 Å². The van der Waals surface area contributed by atoms with E-state index in [9.17, 15) is 22.4 Å². The molecule has 1 aliphatic rings. The van der Waals surface area contributed by atoms with Gasteiger partial charge in [-0.2, -0.15) is 0 Å². The third-order valence-electron chi connectivity index (χ3n) is 4.04. The molecule has 0 radical (unpaired) electrons. The van der Waals surface area contributed by atoms with Gasteiger partial charge in [0, 0.05) is 25.2 Å². The quantitative estimate of drug-likeness (QED) is 0.360. The van der Waals surface area contributed by atoms with E-state index in [2.05, 4.69) is 10.6 Å². The molecular weight excluding hydrogens is 348 g/mol. The van der Waals surface area contributed by atoms with Crippen LogP contribution in [0.25, 0.3) is 0 Å². The van der Waals surface area contributed by atoms with Gasteiger partial charge in [-0.1, -0.05) is 25.7 Å². The van der Waals surface area contributed by atoms with E-state index in [0.717, 1.165) is 25.7 Å². The van der Waals surface area contributed by atoms with Crippen molar-refractivity contribution in [2.24, 2.45) is 0 Å². The first-order valence-corrected chi connectivity index (χ1v) is 7.85. The lowest BCUT2D eigenvalue weighted by Gasteiger charge is -2.16. The second-order valence-corrected chi connectivity index (χ2v) is 5.74. The molecule has 0 unspecified atom stereocenters. The van der Waals surface area contributed by atoms with Crippen LogP contribution in [0.15, 0.2) is 6.07 Å². The Morgan fingerprint density at radius 2 is 1.50 bits per heavy atom. The smallest absolute Gasteiger partial charge is 0.257 e. The van der Waals surface area contributed by atoms with E-state index in [0.29, 0.717) is 12.6 Å². The van der Waals surface area contributed by atoms with E-state index < -0.39 is 34.7 Å². The third kappa shape index (κ3) is 5.34. The summed E-state index contributed by atoms with van der Waals surface area (Å²) in [7, 11) is 0. The van der Waals surface area contributed by atoms with Gasteiger partial charge in [0.05, 0.1) is 0 Å². The molecule has 136 valence electrons. The molecule has 0 aliphatic heterocycles. The highest BCUT2D eigenvalue weighted by atomic mass is 35.5. The molecule has 2 N–H and O–H groups in total. The number of hydrogen-bond donors (Lipinski definition) is 2. The largest absolute Gasteiger partial charge is 0.351 e. The van der Waals surface area contributed by atoms with E-state index >= 15 is 0 Å². The van der Waals surface area contributed by atoms with Crippen LogP contribution in [-0.2, 0) is 0 Å². The van der Waals surface area contributed by atoms with Crippen molar-refractivity contribution in [1.29, 1.82) is 0 Å². The fourth-order valence-electron chi connectivity index (χ4n) is 2.80. The standard InChI is InChI=1S/C16H20F4N2O.ClH/c17-11-9-12(18)15(20)13(14(11)19)16(23)22-8-7-21-10-5-3-1-2-4-6-10;/h9-10,21H,1-8H2,(H,22,23);1H. The van der Waals surface area contributed by atoms with E-state index in [1.54, 1.807) is 0 Å². The van der Waals surface area contributed by atoms with Gasteiger partial charge < -0.3 is 10.6 Å². The van der Waals surface area contributed by atoms with Gasteiger partial charge in [-0.25, -0.2) is 17.6 Å². The summed E-state index contributed by atoms with van der Waals surface area (Å²) >= 11 is 0. The van der Waals surface area contributed by atoms with Crippen molar-refractivity contribution in [2.75, 3.05) is 13.1 Å². The van der Waals surface area contributed by atoms with E-state index in [-0.39, 0.29) is 25.0 Å². The lowest BCUT2D eigenvalue weighted by atomic mass is 10.1. The van der Waals surface area contributed by atoms with Gasteiger partial charge in [0.25, 0.3) is 5.91 Å². The lowest BCUT2D eigenvalue weighted by molar-refractivity contribution is 0.0942. The Hall–Kier alpha value is -1.34. The Morgan fingerprint density at radius 1 is 0.958 bits per heavy atom. The molecule has 0 atom stereocenters. The fourth-order valence-corrected chi connectivity index (χ4v) is 2.80. The average molecular weight is 369 g/mol. The van der Waals surface area contributed by atoms with Crippen molar-refractivity contribution < 1.29 is 22.4 Å². The van der Waals surface area contributed by atoms with Crippen LogP contribution in [0.1, 0.15) is 48.9 Å². The molecule has 0 aromatic heterocycles. The van der Waals surface area contributed by atoms with Gasteiger partial charge >= 0.3 is 0 Å². The van der Waals surface area contributed by atoms with Crippen LogP contribution >= 0.6 is 12.4 Å². The average Bonchev–Trinajstić information content (AvgIpc) is 2.78. The molecule has 24 heavy (non-hydrogen) atoms. The summed E-state index contributed by atoms with van der Waals surface area (Å²) in [5.74, 6) is -7.71. The highest BCUT2D eigenvalue weighted by Gasteiger charge is 2.24. The monoisotopic (exact) mass is 368 g/mol. The molecule has 1 saturated carbocycles. The maximum absolute atomic E-state index is 13.5. The van der Waals surface area contributed by atoms with E-state index in [1.807, 2.05) is 0 Å². The Kier molecular flexibility index (Phi) is 8.48. The van der Waals surface area contributed by atoms with Crippen LogP contribution in [0.2, 0.25) is 0 Å². The molecule has 0 bridgehead atoms. The number of amides is 1. The molecule has 1 fully saturated rings. The molecule has 8 heteroatoms. The number of carbonyl (C=O) groups excluding carboxylic acids is 1. The SMILES string of the molecule is Cl.O=C(NCCNC1CCCCCC1)c1c(F)c(F)cc(F)c1F. The van der Waals surface area contributed by atoms with Gasteiger partial charge in [0.2, 0.25) is 0 Å². The first kappa shape index (κ1) is 20.7. The van der Waals surface area contributed by atoms with Crippen LogP contribution in [0.3, 0.4) is 0 Å². The lowest BCUT2D eigenvalue weighted by Crippen LogP contribution is -2.37. The number of halogens is 5. The summed E-state index contributed by atoms with van der Waals surface area (Å²) in [5.41, 5.74) is -1.23. The minimum absolute atomic E-state index is 0. The van der Waals surface area contributed by atoms with Crippen molar-refractivity contribution in [1.82, 2.24) is 10.6 Å². The topological polar surface area (TPSA) is 41.1 Å². The zero-order valence-corrected chi connectivity index (χ0v) is 14.0. The molecule has 0 heterocycles. The summed E-state index contributed by atoms with van der Waals surface area (Å²) in [6.45, 7) is 0.545. The molecule has 1 aromatic carbocycles. The van der Waals surface area contributed by atoms with E-state index in [1.165, 1.54) is 12.8 Å². The maximum atomic E-state index is 13.5. The van der Waals surface area contributed by atoms with Crippen LogP contribution in [0, 0.1) is 23.3 Å². The number of carbonyl (C=O) groups is 1. The summed E-state index contributed by atoms with van der Waals surface area (Å²) in [4.78, 5) is 11.7. The third-order valence-corrected chi connectivity index (χ3v) is 4.04. The minimum Gasteiger partial charge on any atom is -0.351 e. The minimum atomic E-state index is -1.68. The van der Waals surface area contributed by atoms with Crippen LogP contribution < -0.4 is 10.6 Å². The zero-order chi connectivity index (χ0) is 16.8. The van der Waals surface area contributed by atoms with Gasteiger partial charge in [-0.3, -0.25) is 4.79 Å². The number of hydrogen-bond acceptors (Lipinski definition) is 2. The second-order valence-electron chi connectivity index (χ2n) is 5.74. The highest BCUT2D eigenvalue weighted by molar-refractivity contribution is 5.94. The Morgan fingerprint density at radius 3 is 2.04 bits per heavy atom. The van der Waals surface area contributed by atoms with Crippen molar-refractivity contribution in [3.05, 3.63) is 34.9 Å². The molecule has 0 spiro atoms. The zero-order valence-electron chi connectivity index (χ0n) is 13.1. The van der Waals surface area contributed by atoms with Crippen molar-refractivity contribution in [3.8, 4) is 0 Å². The molecule has 1 aromatic rings. The molecular formula is C16H21ClF4N2O. The van der Waals surface area contributed by atoms with Crippen LogP contribution in [0.4, 0.5) is 17.6 Å². The normalized spacial score (nSPS) is 15.5. The Bertz CT molecular complexity index is 537. The van der Waals surface area contributed by atoms with E-state index in [4.69, 9.17) is 0 Å². The number of benzene rings is 1. The van der Waals surface area contributed by atoms with Gasteiger partial charge in [-0.15, -0.1) is 12.4 Å².